The molecule has 2 rings (SSSR count). The smallest absolute Gasteiger partial charge is 0.257 e. The Labute approximate surface area is 107 Å². The summed E-state index contributed by atoms with van der Waals surface area (Å²) < 4.78 is 0. The van der Waals surface area contributed by atoms with Crippen LogP contribution in [0.1, 0.15) is 29.4 Å². The first-order valence-corrected chi connectivity index (χ1v) is 6.18. The van der Waals surface area contributed by atoms with E-state index in [1.807, 2.05) is 13.8 Å². The van der Waals surface area contributed by atoms with Crippen molar-refractivity contribution in [3.8, 4) is 0 Å². The molecule has 1 aromatic heterocycles. The number of nitrogen functional groups attached to an aromatic ring is 1. The highest BCUT2D eigenvalue weighted by molar-refractivity contribution is 5.99. The maximum absolute atomic E-state index is 12.4. The van der Waals surface area contributed by atoms with Crippen molar-refractivity contribution in [3.63, 3.8) is 0 Å². The van der Waals surface area contributed by atoms with Crippen LogP contribution in [-0.2, 0) is 0 Å². The number of aliphatic hydroxyl groups is 1. The second-order valence-electron chi connectivity index (χ2n) is 4.93. The number of likely N-dealkylation sites (tertiary alicyclic amines) is 1. The summed E-state index contributed by atoms with van der Waals surface area (Å²) in [5.74, 6) is 0.182. The topological polar surface area (TPSA) is 79.5 Å². The number of aromatic nitrogens is 1. The molecule has 1 fully saturated rings. The molecular formula is C13H19N3O2. The number of hydrogen-bond donors (Lipinski definition) is 2. The third kappa shape index (κ3) is 2.18. The lowest BCUT2D eigenvalue weighted by molar-refractivity contribution is 0.0649. The van der Waals surface area contributed by atoms with Gasteiger partial charge in [0.15, 0.2) is 0 Å². The molecular weight excluding hydrogens is 230 g/mol. The van der Waals surface area contributed by atoms with E-state index >= 15 is 0 Å². The molecule has 0 saturated carbocycles. The molecule has 1 aromatic rings. The number of nitrogens with two attached hydrogens (primary N) is 1. The fourth-order valence-electron chi connectivity index (χ4n) is 2.45. The Morgan fingerprint density at radius 3 is 3.00 bits per heavy atom. The van der Waals surface area contributed by atoms with Gasteiger partial charge in [-0.15, -0.1) is 0 Å². The van der Waals surface area contributed by atoms with Gasteiger partial charge in [-0.1, -0.05) is 6.92 Å². The zero-order valence-electron chi connectivity index (χ0n) is 10.8. The van der Waals surface area contributed by atoms with Crippen molar-refractivity contribution in [2.75, 3.05) is 18.9 Å². The fraction of sp³-hybridized carbons (Fsp3) is 0.538. The first kappa shape index (κ1) is 12.8. The standard InChI is InChI=1S/C13H19N3O2/c1-8-3-4-16(12(8)7-17)13(18)10-6-15-9(2)5-11(10)14/h5-6,8,12,17H,3-4,7H2,1-2H3,(H2,14,15). The molecule has 5 heteroatoms. The Morgan fingerprint density at radius 1 is 1.67 bits per heavy atom. The second-order valence-corrected chi connectivity index (χ2v) is 4.93. The second kappa shape index (κ2) is 4.94. The van der Waals surface area contributed by atoms with E-state index in [2.05, 4.69) is 4.98 Å². The van der Waals surface area contributed by atoms with E-state index in [0.29, 0.717) is 23.7 Å². The maximum Gasteiger partial charge on any atom is 0.257 e. The van der Waals surface area contributed by atoms with Crippen molar-refractivity contribution in [2.45, 2.75) is 26.3 Å². The molecule has 0 aromatic carbocycles. The number of carbonyl (C=O) groups excluding carboxylic acids is 1. The molecule has 0 aliphatic carbocycles. The largest absolute Gasteiger partial charge is 0.398 e. The van der Waals surface area contributed by atoms with E-state index in [1.165, 1.54) is 6.20 Å². The Balaban J connectivity index is 2.26. The number of amides is 1. The lowest BCUT2D eigenvalue weighted by atomic mass is 10.0. The minimum absolute atomic E-state index is 0.00784. The quantitative estimate of drug-likeness (QED) is 0.813. The third-order valence-electron chi connectivity index (χ3n) is 3.63. The average molecular weight is 249 g/mol. The van der Waals surface area contributed by atoms with Crippen LogP contribution in [0.2, 0.25) is 0 Å². The highest BCUT2D eigenvalue weighted by Gasteiger charge is 2.34. The van der Waals surface area contributed by atoms with Crippen molar-refractivity contribution in [2.24, 2.45) is 5.92 Å². The molecule has 0 bridgehead atoms. The van der Waals surface area contributed by atoms with Gasteiger partial charge in [0, 0.05) is 24.1 Å². The Kier molecular flexibility index (Phi) is 3.52. The summed E-state index contributed by atoms with van der Waals surface area (Å²) in [5, 5.41) is 9.38. The van der Waals surface area contributed by atoms with Crippen LogP contribution < -0.4 is 5.73 Å². The Morgan fingerprint density at radius 2 is 2.39 bits per heavy atom. The highest BCUT2D eigenvalue weighted by Crippen LogP contribution is 2.26. The number of pyridine rings is 1. The predicted molar refractivity (Wildman–Crippen MR) is 69.1 cm³/mol. The monoisotopic (exact) mass is 249 g/mol. The van der Waals surface area contributed by atoms with Crippen LogP contribution in [-0.4, -0.2) is 40.1 Å². The molecule has 2 unspecified atom stereocenters. The fourth-order valence-corrected chi connectivity index (χ4v) is 2.45. The van der Waals surface area contributed by atoms with E-state index in [-0.39, 0.29) is 18.6 Å². The molecule has 2 atom stereocenters. The van der Waals surface area contributed by atoms with Gasteiger partial charge in [-0.05, 0) is 25.3 Å². The minimum Gasteiger partial charge on any atom is -0.398 e. The number of carbonyl (C=O) groups is 1. The van der Waals surface area contributed by atoms with Crippen molar-refractivity contribution < 1.29 is 9.90 Å². The van der Waals surface area contributed by atoms with Crippen molar-refractivity contribution >= 4 is 11.6 Å². The normalized spacial score (nSPS) is 23.4. The molecule has 1 aliphatic heterocycles. The molecule has 0 spiro atoms. The van der Waals surface area contributed by atoms with Gasteiger partial charge in [-0.2, -0.15) is 0 Å². The lowest BCUT2D eigenvalue weighted by Gasteiger charge is -2.25. The summed E-state index contributed by atoms with van der Waals surface area (Å²) in [7, 11) is 0. The first-order valence-electron chi connectivity index (χ1n) is 6.18. The van der Waals surface area contributed by atoms with Gasteiger partial charge >= 0.3 is 0 Å². The van der Waals surface area contributed by atoms with Crippen LogP contribution >= 0.6 is 0 Å². The highest BCUT2D eigenvalue weighted by atomic mass is 16.3. The van der Waals surface area contributed by atoms with Gasteiger partial charge in [-0.25, -0.2) is 0 Å². The molecule has 5 nitrogen and oxygen atoms in total. The molecule has 1 aliphatic rings. The summed E-state index contributed by atoms with van der Waals surface area (Å²) in [4.78, 5) is 18.2. The molecule has 0 radical (unpaired) electrons. The van der Waals surface area contributed by atoms with Gasteiger partial charge in [0.25, 0.3) is 5.91 Å². The number of anilines is 1. The summed E-state index contributed by atoms with van der Waals surface area (Å²) >= 11 is 0. The van der Waals surface area contributed by atoms with Crippen molar-refractivity contribution in [3.05, 3.63) is 23.5 Å². The molecule has 2 heterocycles. The number of nitrogens with zero attached hydrogens (tertiary/aromatic N) is 2. The van der Waals surface area contributed by atoms with Crippen LogP contribution in [0.3, 0.4) is 0 Å². The van der Waals surface area contributed by atoms with Crippen molar-refractivity contribution in [1.82, 2.24) is 9.88 Å². The lowest BCUT2D eigenvalue weighted by Crippen LogP contribution is -2.40. The van der Waals surface area contributed by atoms with Crippen molar-refractivity contribution in [1.29, 1.82) is 0 Å². The Bertz CT molecular complexity index is 462. The SMILES string of the molecule is Cc1cc(N)c(C(=O)N2CCC(C)C2CO)cn1. The summed E-state index contributed by atoms with van der Waals surface area (Å²) in [6.07, 6.45) is 2.43. The zero-order chi connectivity index (χ0) is 13.3. The van der Waals surface area contributed by atoms with Crippen LogP contribution in [0.5, 0.6) is 0 Å². The number of aryl methyl sites for hydroxylation is 1. The first-order chi connectivity index (χ1) is 8.54. The molecule has 18 heavy (non-hydrogen) atoms. The Hall–Kier alpha value is -1.62. The van der Waals surface area contributed by atoms with E-state index in [0.717, 1.165) is 12.1 Å². The van der Waals surface area contributed by atoms with Gasteiger partial charge in [0.1, 0.15) is 0 Å². The van der Waals surface area contributed by atoms with Crippen LogP contribution in [0.25, 0.3) is 0 Å². The van der Waals surface area contributed by atoms with E-state index in [1.54, 1.807) is 11.0 Å². The summed E-state index contributed by atoms with van der Waals surface area (Å²) in [6.45, 7) is 4.54. The van der Waals surface area contributed by atoms with Gasteiger partial charge < -0.3 is 15.7 Å². The number of hydrogen-bond acceptors (Lipinski definition) is 4. The summed E-state index contributed by atoms with van der Waals surface area (Å²) in [5.41, 5.74) is 7.52. The van der Waals surface area contributed by atoms with E-state index in [4.69, 9.17) is 5.73 Å². The average Bonchev–Trinajstić information content (AvgIpc) is 2.69. The number of rotatable bonds is 2. The van der Waals surface area contributed by atoms with Crippen LogP contribution in [0.4, 0.5) is 5.69 Å². The minimum atomic E-state index is -0.136. The van der Waals surface area contributed by atoms with Gasteiger partial charge in [-0.3, -0.25) is 9.78 Å². The molecule has 98 valence electrons. The third-order valence-corrected chi connectivity index (χ3v) is 3.63. The molecule has 3 N–H and O–H groups in total. The molecule has 1 saturated heterocycles. The number of aliphatic hydroxyl groups excluding tert-OH is 1. The zero-order valence-corrected chi connectivity index (χ0v) is 10.8. The molecule has 1 amide bonds. The van der Waals surface area contributed by atoms with E-state index < -0.39 is 0 Å². The van der Waals surface area contributed by atoms with E-state index in [9.17, 15) is 9.90 Å². The summed E-state index contributed by atoms with van der Waals surface area (Å²) in [6, 6.07) is 1.58. The predicted octanol–water partition coefficient (Wildman–Crippen LogP) is 0.815. The maximum atomic E-state index is 12.4. The van der Waals surface area contributed by atoms with Crippen LogP contribution in [0, 0.1) is 12.8 Å². The van der Waals surface area contributed by atoms with Crippen LogP contribution in [0.15, 0.2) is 12.3 Å². The van der Waals surface area contributed by atoms with Gasteiger partial charge in [0.2, 0.25) is 0 Å². The van der Waals surface area contributed by atoms with Gasteiger partial charge in [0.05, 0.1) is 18.2 Å².